The van der Waals surface area contributed by atoms with Crippen molar-refractivity contribution in [1.82, 2.24) is 9.80 Å². The highest BCUT2D eigenvalue weighted by Crippen LogP contribution is 2.41. The van der Waals surface area contributed by atoms with Gasteiger partial charge in [0.15, 0.2) is 0 Å². The topological polar surface area (TPSA) is 40.6 Å². The molecule has 2 saturated heterocycles. The average Bonchev–Trinajstić information content (AvgIpc) is 3.37. The molecule has 0 aromatic heterocycles. The first kappa shape index (κ1) is 18.5. The van der Waals surface area contributed by atoms with E-state index in [-0.39, 0.29) is 11.3 Å². The van der Waals surface area contributed by atoms with Gasteiger partial charge < -0.3 is 9.80 Å². The zero-order valence-electron chi connectivity index (χ0n) is 16.4. The van der Waals surface area contributed by atoms with Crippen LogP contribution in [0.2, 0.25) is 0 Å². The van der Waals surface area contributed by atoms with Gasteiger partial charge in [0.1, 0.15) is 0 Å². The maximum absolute atomic E-state index is 13.3. The fraction of sp³-hybridized carbons (Fsp3) is 0.652. The van der Waals surface area contributed by atoms with Crippen molar-refractivity contribution in [2.24, 2.45) is 11.3 Å². The Morgan fingerprint density at radius 3 is 2.59 bits per heavy atom. The van der Waals surface area contributed by atoms with Crippen LogP contribution in [0.25, 0.3) is 0 Å². The molecule has 1 aromatic carbocycles. The molecule has 0 N–H and O–H groups in total. The predicted octanol–water partition coefficient (Wildman–Crippen LogP) is 3.65. The molecule has 1 saturated carbocycles. The summed E-state index contributed by atoms with van der Waals surface area (Å²) in [6.07, 6.45) is 9.37. The summed E-state index contributed by atoms with van der Waals surface area (Å²) in [5.41, 5.74) is 1.05. The normalized spacial score (nSPS) is 26.3. The maximum Gasteiger partial charge on any atom is 0.230 e. The lowest BCUT2D eigenvalue weighted by Gasteiger charge is -2.39. The number of carbonyl (C=O) groups is 2. The molecule has 3 fully saturated rings. The smallest absolute Gasteiger partial charge is 0.230 e. The van der Waals surface area contributed by atoms with E-state index in [0.717, 1.165) is 64.6 Å². The standard InChI is InChI=1S/C23H32N2O2/c26-21(20-11-4-5-12-20)25-17-14-23(18-25)13-7-16-24(22(23)27)15-6-10-19-8-2-1-3-9-19/h1-3,8-9,20H,4-7,10-18H2/t23-/m1/s1. The fourth-order valence-electron chi connectivity index (χ4n) is 5.35. The van der Waals surface area contributed by atoms with Crippen molar-refractivity contribution in [2.75, 3.05) is 26.2 Å². The van der Waals surface area contributed by atoms with Crippen molar-refractivity contribution < 1.29 is 9.59 Å². The monoisotopic (exact) mass is 368 g/mol. The molecule has 0 bridgehead atoms. The van der Waals surface area contributed by atoms with Gasteiger partial charge in [0.25, 0.3) is 0 Å². The van der Waals surface area contributed by atoms with Crippen LogP contribution in [-0.2, 0) is 16.0 Å². The summed E-state index contributed by atoms with van der Waals surface area (Å²) in [6.45, 7) is 3.16. The quantitative estimate of drug-likeness (QED) is 0.796. The van der Waals surface area contributed by atoms with E-state index in [4.69, 9.17) is 0 Å². The lowest BCUT2D eigenvalue weighted by atomic mass is 9.78. The van der Waals surface area contributed by atoms with Gasteiger partial charge in [-0.05, 0) is 50.5 Å². The first-order valence-corrected chi connectivity index (χ1v) is 10.8. The van der Waals surface area contributed by atoms with Gasteiger partial charge in [0, 0.05) is 32.1 Å². The van der Waals surface area contributed by atoms with E-state index in [1.165, 1.54) is 18.4 Å². The Balaban J connectivity index is 1.33. The second kappa shape index (κ2) is 8.04. The molecule has 3 aliphatic rings. The molecule has 1 spiro atoms. The van der Waals surface area contributed by atoms with Crippen LogP contribution >= 0.6 is 0 Å². The predicted molar refractivity (Wildman–Crippen MR) is 106 cm³/mol. The lowest BCUT2D eigenvalue weighted by molar-refractivity contribution is -0.146. The van der Waals surface area contributed by atoms with Crippen LogP contribution in [0, 0.1) is 11.3 Å². The van der Waals surface area contributed by atoms with E-state index in [9.17, 15) is 9.59 Å². The van der Waals surface area contributed by atoms with Crippen molar-refractivity contribution in [3.05, 3.63) is 35.9 Å². The first-order valence-electron chi connectivity index (χ1n) is 10.8. The lowest BCUT2D eigenvalue weighted by Crippen LogP contribution is -2.50. The molecular weight excluding hydrogens is 336 g/mol. The Bertz CT molecular complexity index is 668. The molecule has 1 aromatic rings. The highest BCUT2D eigenvalue weighted by molar-refractivity contribution is 5.86. The van der Waals surface area contributed by atoms with Crippen LogP contribution in [0.3, 0.4) is 0 Å². The molecule has 2 aliphatic heterocycles. The minimum Gasteiger partial charge on any atom is -0.342 e. The van der Waals surface area contributed by atoms with Crippen molar-refractivity contribution in [2.45, 2.75) is 57.8 Å². The van der Waals surface area contributed by atoms with E-state index < -0.39 is 0 Å². The van der Waals surface area contributed by atoms with Gasteiger partial charge in [0.2, 0.25) is 11.8 Å². The van der Waals surface area contributed by atoms with E-state index in [1.807, 2.05) is 11.0 Å². The molecule has 4 heteroatoms. The van der Waals surface area contributed by atoms with Crippen molar-refractivity contribution in [1.29, 1.82) is 0 Å². The van der Waals surface area contributed by atoms with Gasteiger partial charge in [-0.3, -0.25) is 9.59 Å². The molecule has 27 heavy (non-hydrogen) atoms. The number of hydrogen-bond donors (Lipinski definition) is 0. The number of likely N-dealkylation sites (tertiary alicyclic amines) is 2. The Morgan fingerprint density at radius 1 is 1.04 bits per heavy atom. The van der Waals surface area contributed by atoms with Gasteiger partial charge in [-0.2, -0.15) is 0 Å². The number of piperidine rings is 1. The summed E-state index contributed by atoms with van der Waals surface area (Å²) in [7, 11) is 0. The van der Waals surface area contributed by atoms with Crippen LogP contribution in [0.5, 0.6) is 0 Å². The third-order valence-electron chi connectivity index (χ3n) is 6.93. The van der Waals surface area contributed by atoms with Gasteiger partial charge in [-0.25, -0.2) is 0 Å². The SMILES string of the molecule is O=C(C1CCCC1)N1CC[C@]2(CCCN(CCCc3ccccc3)C2=O)C1. The van der Waals surface area contributed by atoms with Crippen molar-refractivity contribution in [3.8, 4) is 0 Å². The largest absolute Gasteiger partial charge is 0.342 e. The highest BCUT2D eigenvalue weighted by atomic mass is 16.2. The maximum atomic E-state index is 13.3. The number of rotatable bonds is 5. The van der Waals surface area contributed by atoms with E-state index in [2.05, 4.69) is 29.2 Å². The third kappa shape index (κ3) is 3.90. The van der Waals surface area contributed by atoms with Crippen molar-refractivity contribution in [3.63, 3.8) is 0 Å². The Morgan fingerprint density at radius 2 is 1.81 bits per heavy atom. The molecule has 4 nitrogen and oxygen atoms in total. The summed E-state index contributed by atoms with van der Waals surface area (Å²) >= 11 is 0. The fourth-order valence-corrected chi connectivity index (χ4v) is 5.35. The zero-order chi connectivity index (χ0) is 18.7. The molecule has 0 radical (unpaired) electrons. The number of aryl methyl sites for hydroxylation is 1. The van der Waals surface area contributed by atoms with Crippen molar-refractivity contribution >= 4 is 11.8 Å². The van der Waals surface area contributed by atoms with Gasteiger partial charge in [-0.15, -0.1) is 0 Å². The molecule has 2 amide bonds. The average molecular weight is 369 g/mol. The summed E-state index contributed by atoms with van der Waals surface area (Å²) in [4.78, 5) is 30.2. The molecule has 146 valence electrons. The van der Waals surface area contributed by atoms with Gasteiger partial charge in [-0.1, -0.05) is 43.2 Å². The number of amides is 2. The van der Waals surface area contributed by atoms with Gasteiger partial charge in [0.05, 0.1) is 5.41 Å². The van der Waals surface area contributed by atoms with Crippen LogP contribution in [0.1, 0.15) is 56.9 Å². The summed E-state index contributed by atoms with van der Waals surface area (Å²) in [6, 6.07) is 10.5. The van der Waals surface area contributed by atoms with E-state index in [0.29, 0.717) is 18.4 Å². The summed E-state index contributed by atoms with van der Waals surface area (Å²) in [5, 5.41) is 0. The van der Waals surface area contributed by atoms with Crippen LogP contribution in [-0.4, -0.2) is 47.8 Å². The van der Waals surface area contributed by atoms with Crippen LogP contribution in [0.15, 0.2) is 30.3 Å². The molecule has 1 atom stereocenters. The summed E-state index contributed by atoms with van der Waals surface area (Å²) < 4.78 is 0. The second-order valence-corrected chi connectivity index (χ2v) is 8.76. The Hall–Kier alpha value is -1.84. The molecular formula is C23H32N2O2. The molecule has 0 unspecified atom stereocenters. The third-order valence-corrected chi connectivity index (χ3v) is 6.93. The molecule has 4 rings (SSSR count). The number of hydrogen-bond acceptors (Lipinski definition) is 2. The Labute approximate surface area is 162 Å². The minimum atomic E-state index is -0.292. The number of carbonyl (C=O) groups excluding carboxylic acids is 2. The van der Waals surface area contributed by atoms with Gasteiger partial charge >= 0.3 is 0 Å². The van der Waals surface area contributed by atoms with Crippen LogP contribution in [0.4, 0.5) is 0 Å². The molecule has 1 aliphatic carbocycles. The Kier molecular flexibility index (Phi) is 5.51. The summed E-state index contributed by atoms with van der Waals surface area (Å²) in [5.74, 6) is 0.850. The zero-order valence-corrected chi connectivity index (χ0v) is 16.4. The van der Waals surface area contributed by atoms with Crippen LogP contribution < -0.4 is 0 Å². The first-order chi connectivity index (χ1) is 13.2. The van der Waals surface area contributed by atoms with E-state index in [1.54, 1.807) is 0 Å². The molecule has 2 heterocycles. The minimum absolute atomic E-state index is 0.223. The number of nitrogens with zero attached hydrogens (tertiary/aromatic N) is 2. The number of benzene rings is 1. The van der Waals surface area contributed by atoms with E-state index >= 15 is 0 Å². The highest BCUT2D eigenvalue weighted by Gasteiger charge is 2.49. The second-order valence-electron chi connectivity index (χ2n) is 8.76.